The number of azide groups is 2. The van der Waals surface area contributed by atoms with Crippen LogP contribution in [0.15, 0.2) is 28.4 Å². The summed E-state index contributed by atoms with van der Waals surface area (Å²) in [6.45, 7) is 0.513. The average Bonchev–Trinajstić information content (AvgIpc) is 3.08. The van der Waals surface area contributed by atoms with Gasteiger partial charge < -0.3 is 10.2 Å². The number of carbonyl (C=O) groups excluding carboxylic acids is 2. The Balaban J connectivity index is 2.36. The Morgan fingerprint density at radius 3 is 2.79 bits per heavy atom. The lowest BCUT2D eigenvalue weighted by molar-refractivity contribution is -0.124. The van der Waals surface area contributed by atoms with Gasteiger partial charge in [0.05, 0.1) is 6.54 Å². The third-order valence-corrected chi connectivity index (χ3v) is 3.76. The van der Waals surface area contributed by atoms with Gasteiger partial charge in [0.15, 0.2) is 0 Å². The van der Waals surface area contributed by atoms with Gasteiger partial charge >= 0.3 is 0 Å². The van der Waals surface area contributed by atoms with Gasteiger partial charge in [0, 0.05) is 34.7 Å². The first-order chi connectivity index (χ1) is 11.6. The SMILES string of the molecule is CNC(=O)[C@H]1CCCN1C(=O)c1cc(CN=[N+]=[N-])cc(N=[N+]=[N-])c1. The van der Waals surface area contributed by atoms with Crippen molar-refractivity contribution in [2.24, 2.45) is 10.2 Å². The molecule has 1 aromatic rings. The van der Waals surface area contributed by atoms with Crippen LogP contribution in [0, 0.1) is 0 Å². The Bertz CT molecular complexity index is 749. The smallest absolute Gasteiger partial charge is 0.254 e. The number of benzene rings is 1. The number of rotatable bonds is 5. The van der Waals surface area contributed by atoms with Crippen LogP contribution in [0.2, 0.25) is 0 Å². The van der Waals surface area contributed by atoms with Crippen molar-refractivity contribution >= 4 is 17.5 Å². The quantitative estimate of drug-likeness (QED) is 0.503. The van der Waals surface area contributed by atoms with Crippen LogP contribution in [0.1, 0.15) is 28.8 Å². The maximum atomic E-state index is 12.8. The molecule has 0 aliphatic carbocycles. The minimum atomic E-state index is -0.508. The number of likely N-dealkylation sites (N-methyl/N-ethyl adjacent to an activating group) is 1. The van der Waals surface area contributed by atoms with Crippen LogP contribution in [-0.2, 0) is 11.3 Å². The number of amides is 2. The van der Waals surface area contributed by atoms with Crippen molar-refractivity contribution < 1.29 is 9.59 Å². The number of nitrogens with one attached hydrogen (secondary N) is 1. The molecule has 1 atom stereocenters. The van der Waals surface area contributed by atoms with Crippen molar-refractivity contribution in [3.05, 3.63) is 50.2 Å². The summed E-state index contributed by atoms with van der Waals surface area (Å²) >= 11 is 0. The van der Waals surface area contributed by atoms with E-state index in [1.807, 2.05) is 0 Å². The van der Waals surface area contributed by atoms with Crippen LogP contribution in [0.4, 0.5) is 5.69 Å². The molecule has 1 aromatic carbocycles. The van der Waals surface area contributed by atoms with E-state index in [2.05, 4.69) is 25.4 Å². The Morgan fingerprint density at radius 1 is 1.33 bits per heavy atom. The Hall–Kier alpha value is -3.22. The summed E-state index contributed by atoms with van der Waals surface area (Å²) in [7, 11) is 1.53. The summed E-state index contributed by atoms with van der Waals surface area (Å²) in [4.78, 5) is 31.6. The summed E-state index contributed by atoms with van der Waals surface area (Å²) < 4.78 is 0. The first-order valence-corrected chi connectivity index (χ1v) is 7.33. The molecule has 10 heteroatoms. The van der Waals surface area contributed by atoms with Gasteiger partial charge in [-0.25, -0.2) is 0 Å². The molecule has 24 heavy (non-hydrogen) atoms. The van der Waals surface area contributed by atoms with E-state index in [9.17, 15) is 9.59 Å². The van der Waals surface area contributed by atoms with E-state index in [-0.39, 0.29) is 24.0 Å². The van der Waals surface area contributed by atoms with Crippen LogP contribution in [-0.4, -0.2) is 36.3 Å². The van der Waals surface area contributed by atoms with E-state index in [0.717, 1.165) is 6.42 Å². The topological polar surface area (TPSA) is 147 Å². The third-order valence-electron chi connectivity index (χ3n) is 3.76. The third kappa shape index (κ3) is 3.75. The summed E-state index contributed by atoms with van der Waals surface area (Å²) in [5.74, 6) is -0.528. The van der Waals surface area contributed by atoms with Crippen LogP contribution >= 0.6 is 0 Å². The second kappa shape index (κ2) is 7.87. The molecule has 0 saturated carbocycles. The van der Waals surface area contributed by atoms with Gasteiger partial charge in [0.2, 0.25) is 5.91 Å². The Labute approximate surface area is 137 Å². The van der Waals surface area contributed by atoms with Crippen molar-refractivity contribution in [1.82, 2.24) is 10.2 Å². The zero-order chi connectivity index (χ0) is 17.5. The molecule has 2 rings (SSSR count). The van der Waals surface area contributed by atoms with Crippen molar-refractivity contribution in [3.8, 4) is 0 Å². The second-order valence-corrected chi connectivity index (χ2v) is 5.24. The predicted molar refractivity (Wildman–Crippen MR) is 86.2 cm³/mol. The van der Waals surface area contributed by atoms with Crippen molar-refractivity contribution in [3.63, 3.8) is 0 Å². The lowest BCUT2D eigenvalue weighted by Crippen LogP contribution is -2.44. The Morgan fingerprint density at radius 2 is 2.12 bits per heavy atom. The molecular formula is C14H16N8O2. The van der Waals surface area contributed by atoms with E-state index < -0.39 is 6.04 Å². The molecule has 1 N–H and O–H groups in total. The van der Waals surface area contributed by atoms with Gasteiger partial charge in [-0.2, -0.15) is 0 Å². The van der Waals surface area contributed by atoms with Crippen molar-refractivity contribution in [2.45, 2.75) is 25.4 Å². The summed E-state index contributed by atoms with van der Waals surface area (Å²) in [5, 5.41) is 9.53. The number of likely N-dealkylation sites (tertiary alicyclic amines) is 1. The fraction of sp³-hybridized carbons (Fsp3) is 0.429. The van der Waals surface area contributed by atoms with Crippen LogP contribution < -0.4 is 5.32 Å². The zero-order valence-corrected chi connectivity index (χ0v) is 13.1. The zero-order valence-electron chi connectivity index (χ0n) is 13.1. The first-order valence-electron chi connectivity index (χ1n) is 7.33. The van der Waals surface area contributed by atoms with Gasteiger partial charge in [0.1, 0.15) is 6.04 Å². The lowest BCUT2D eigenvalue weighted by Gasteiger charge is -2.23. The Kier molecular flexibility index (Phi) is 5.62. The molecule has 1 aliphatic heterocycles. The van der Waals surface area contributed by atoms with Crippen molar-refractivity contribution in [2.75, 3.05) is 13.6 Å². The minimum Gasteiger partial charge on any atom is -0.357 e. The maximum absolute atomic E-state index is 12.8. The fourth-order valence-electron chi connectivity index (χ4n) is 2.73. The molecule has 2 amide bonds. The van der Waals surface area contributed by atoms with Gasteiger partial charge in [0.25, 0.3) is 5.91 Å². The molecular weight excluding hydrogens is 312 g/mol. The van der Waals surface area contributed by atoms with E-state index >= 15 is 0 Å². The lowest BCUT2D eigenvalue weighted by atomic mass is 10.1. The normalized spacial score (nSPS) is 16.0. The average molecular weight is 328 g/mol. The molecule has 0 aromatic heterocycles. The van der Waals surface area contributed by atoms with Gasteiger partial charge in [-0.1, -0.05) is 10.2 Å². The van der Waals surface area contributed by atoms with E-state index in [1.54, 1.807) is 12.1 Å². The van der Waals surface area contributed by atoms with Gasteiger partial charge in [-0.3, -0.25) is 9.59 Å². The summed E-state index contributed by atoms with van der Waals surface area (Å²) in [6, 6.07) is 4.07. The predicted octanol–water partition coefficient (Wildman–Crippen LogP) is 2.79. The molecule has 0 spiro atoms. The molecule has 0 bridgehead atoms. The summed E-state index contributed by atoms with van der Waals surface area (Å²) in [6.07, 6.45) is 1.35. The highest BCUT2D eigenvalue weighted by atomic mass is 16.2. The fourth-order valence-corrected chi connectivity index (χ4v) is 2.73. The molecule has 1 fully saturated rings. The van der Waals surface area contributed by atoms with Crippen LogP contribution in [0.25, 0.3) is 20.9 Å². The minimum absolute atomic E-state index is 0.0322. The van der Waals surface area contributed by atoms with Crippen molar-refractivity contribution in [1.29, 1.82) is 0 Å². The molecule has 1 heterocycles. The monoisotopic (exact) mass is 328 g/mol. The first kappa shape index (κ1) is 17.1. The van der Waals surface area contributed by atoms with E-state index in [1.165, 1.54) is 18.0 Å². The van der Waals surface area contributed by atoms with Crippen LogP contribution in [0.3, 0.4) is 0 Å². The highest BCUT2D eigenvalue weighted by molar-refractivity contribution is 5.98. The number of hydrogen-bond donors (Lipinski definition) is 1. The molecule has 124 valence electrons. The molecule has 1 aliphatic rings. The number of nitrogens with zero attached hydrogens (tertiary/aromatic N) is 7. The highest BCUT2D eigenvalue weighted by Gasteiger charge is 2.34. The highest BCUT2D eigenvalue weighted by Crippen LogP contribution is 2.24. The largest absolute Gasteiger partial charge is 0.357 e. The molecule has 0 radical (unpaired) electrons. The second-order valence-electron chi connectivity index (χ2n) is 5.24. The van der Waals surface area contributed by atoms with E-state index in [4.69, 9.17) is 11.1 Å². The maximum Gasteiger partial charge on any atom is 0.254 e. The molecule has 0 unspecified atom stereocenters. The number of carbonyl (C=O) groups is 2. The van der Waals surface area contributed by atoms with Crippen LogP contribution in [0.5, 0.6) is 0 Å². The number of hydrogen-bond acceptors (Lipinski definition) is 4. The summed E-state index contributed by atoms with van der Waals surface area (Å²) in [5.41, 5.74) is 18.1. The molecule has 1 saturated heterocycles. The van der Waals surface area contributed by atoms with Gasteiger partial charge in [-0.05, 0) is 47.7 Å². The molecule has 10 nitrogen and oxygen atoms in total. The van der Waals surface area contributed by atoms with Gasteiger partial charge in [-0.15, -0.1) is 0 Å². The standard InChI is InChI=1S/C14H16N8O2/c1-17-13(23)12-3-2-4-22(12)14(24)10-5-9(8-18-20-15)6-11(7-10)19-21-16/h5-7,12H,2-4,8H2,1H3,(H,17,23)/t12-/m1/s1. The van der Waals surface area contributed by atoms with E-state index in [0.29, 0.717) is 24.1 Å².